The summed E-state index contributed by atoms with van der Waals surface area (Å²) in [5.41, 5.74) is -0.978. The molecule has 2 amide bonds. The molecule has 218 valence electrons. The minimum atomic E-state index is -3.73. The Bertz CT molecular complexity index is 1510. The first-order valence-corrected chi connectivity index (χ1v) is 15.5. The van der Waals surface area contributed by atoms with E-state index in [-0.39, 0.29) is 22.6 Å². The first kappa shape index (κ1) is 29.0. The number of benzene rings is 2. The smallest absolute Gasteiger partial charge is 0.296 e. The van der Waals surface area contributed by atoms with Crippen molar-refractivity contribution in [3.05, 3.63) is 65.2 Å². The van der Waals surface area contributed by atoms with E-state index in [9.17, 15) is 27.9 Å². The largest absolute Gasteiger partial charge is 0.507 e. The third-order valence-electron chi connectivity index (χ3n) is 8.23. The van der Waals surface area contributed by atoms with Crippen LogP contribution in [0.3, 0.4) is 0 Å². The van der Waals surface area contributed by atoms with E-state index in [1.54, 1.807) is 24.3 Å². The summed E-state index contributed by atoms with van der Waals surface area (Å²) < 4.78 is 28.1. The number of hydrogen-bond acceptors (Lipinski definition) is 7. The van der Waals surface area contributed by atoms with Gasteiger partial charge < -0.3 is 19.8 Å². The Morgan fingerprint density at radius 3 is 2.20 bits per heavy atom. The van der Waals surface area contributed by atoms with Crippen LogP contribution in [0.1, 0.15) is 43.7 Å². The molecule has 0 radical (unpaired) electrons. The van der Waals surface area contributed by atoms with Gasteiger partial charge >= 0.3 is 0 Å². The van der Waals surface area contributed by atoms with E-state index in [1.165, 1.54) is 38.4 Å². The molecule has 10 nitrogen and oxygen atoms in total. The number of aliphatic hydroxyl groups excluding tert-OH is 1. The summed E-state index contributed by atoms with van der Waals surface area (Å²) in [6, 6.07) is 12.6. The molecular weight excluding hydrogens is 544 g/mol. The zero-order chi connectivity index (χ0) is 29.5. The Balaban J connectivity index is 1.65. The van der Waals surface area contributed by atoms with Crippen molar-refractivity contribution in [2.75, 3.05) is 51.7 Å². The van der Waals surface area contributed by atoms with E-state index < -0.39 is 38.9 Å². The molecule has 11 heteroatoms. The summed E-state index contributed by atoms with van der Waals surface area (Å²) in [5, 5.41) is 11.7. The van der Waals surface area contributed by atoms with Crippen LogP contribution in [-0.4, -0.2) is 92.0 Å². The van der Waals surface area contributed by atoms with Gasteiger partial charge in [0.15, 0.2) is 5.54 Å². The molecule has 0 bridgehead atoms. The molecule has 5 rings (SSSR count). The lowest BCUT2D eigenvalue weighted by molar-refractivity contribution is -0.143. The van der Waals surface area contributed by atoms with Gasteiger partial charge in [0.05, 0.1) is 16.2 Å². The molecule has 2 fully saturated rings. The number of carbonyl (C=O) groups is 3. The number of para-hydroxylation sites is 1. The number of hydrogen-bond donors (Lipinski definition) is 1. The average molecular weight is 581 g/mol. The van der Waals surface area contributed by atoms with Crippen molar-refractivity contribution in [1.82, 2.24) is 14.1 Å². The summed E-state index contributed by atoms with van der Waals surface area (Å²) >= 11 is 0. The SMILES string of the molecule is CCN1C(=O)[C@]2(C(=C(O)c3ccc(S(=O)(=O)N4CCCCCC4)cc3)C(=O)C(=O)N2CCN(C)C)c2ccccc21. The number of nitrogens with zero attached hydrogens (tertiary/aromatic N) is 4. The van der Waals surface area contributed by atoms with Crippen LogP contribution in [0.4, 0.5) is 5.69 Å². The highest BCUT2D eigenvalue weighted by Crippen LogP contribution is 2.53. The Labute approximate surface area is 240 Å². The van der Waals surface area contributed by atoms with Crippen molar-refractivity contribution in [1.29, 1.82) is 0 Å². The summed E-state index contributed by atoms with van der Waals surface area (Å²) in [6.45, 7) is 3.49. The highest BCUT2D eigenvalue weighted by atomic mass is 32.2. The Hall–Kier alpha value is -3.54. The average Bonchev–Trinajstić information content (AvgIpc) is 3.17. The maximum atomic E-state index is 14.2. The second kappa shape index (κ2) is 11.0. The molecule has 1 atom stereocenters. The van der Waals surface area contributed by atoms with Crippen molar-refractivity contribution in [3.63, 3.8) is 0 Å². The van der Waals surface area contributed by atoms with Gasteiger partial charge in [-0.15, -0.1) is 0 Å². The number of Topliss-reactive ketones (excluding diaryl/α,β-unsaturated/α-hetero) is 1. The quantitative estimate of drug-likeness (QED) is 0.304. The second-order valence-electron chi connectivity index (χ2n) is 10.9. The predicted molar refractivity (Wildman–Crippen MR) is 155 cm³/mol. The Morgan fingerprint density at radius 1 is 0.951 bits per heavy atom. The fourth-order valence-electron chi connectivity index (χ4n) is 6.14. The van der Waals surface area contributed by atoms with Crippen LogP contribution >= 0.6 is 0 Å². The monoisotopic (exact) mass is 580 g/mol. The van der Waals surface area contributed by atoms with Crippen LogP contribution < -0.4 is 4.90 Å². The van der Waals surface area contributed by atoms with E-state index in [0.717, 1.165) is 25.7 Å². The zero-order valence-electron chi connectivity index (χ0n) is 23.7. The van der Waals surface area contributed by atoms with Crippen LogP contribution in [0.2, 0.25) is 0 Å². The maximum Gasteiger partial charge on any atom is 0.296 e. The summed E-state index contributed by atoms with van der Waals surface area (Å²) in [5.74, 6) is -2.82. The molecular formula is C30H36N4O6S. The fraction of sp³-hybridized carbons (Fsp3) is 0.433. The maximum absolute atomic E-state index is 14.2. The highest BCUT2D eigenvalue weighted by Gasteiger charge is 2.66. The molecule has 0 saturated carbocycles. The lowest BCUT2D eigenvalue weighted by Gasteiger charge is -2.35. The third kappa shape index (κ3) is 4.56. The fourth-order valence-corrected chi connectivity index (χ4v) is 7.66. The van der Waals surface area contributed by atoms with Crippen LogP contribution in [0.25, 0.3) is 5.76 Å². The van der Waals surface area contributed by atoms with Crippen molar-refractivity contribution in [3.8, 4) is 0 Å². The van der Waals surface area contributed by atoms with Crippen LogP contribution in [0.5, 0.6) is 0 Å². The van der Waals surface area contributed by atoms with Crippen LogP contribution in [0.15, 0.2) is 59.0 Å². The number of amides is 2. The topological polar surface area (TPSA) is 119 Å². The van der Waals surface area contributed by atoms with Gasteiger partial charge in [0.2, 0.25) is 10.0 Å². The molecule has 2 saturated heterocycles. The van der Waals surface area contributed by atoms with Gasteiger partial charge in [-0.1, -0.05) is 31.0 Å². The van der Waals surface area contributed by atoms with Crippen molar-refractivity contribution in [2.24, 2.45) is 0 Å². The molecule has 0 unspecified atom stereocenters. The molecule has 3 aliphatic rings. The number of likely N-dealkylation sites (tertiary alicyclic amines) is 1. The molecule has 1 N–H and O–H groups in total. The van der Waals surface area contributed by atoms with E-state index in [2.05, 4.69) is 0 Å². The van der Waals surface area contributed by atoms with Gasteiger partial charge in [-0.25, -0.2) is 8.42 Å². The Morgan fingerprint density at radius 2 is 1.59 bits per heavy atom. The number of aliphatic hydroxyl groups is 1. The van der Waals surface area contributed by atoms with Crippen LogP contribution in [0, 0.1) is 0 Å². The molecule has 2 aromatic rings. The number of likely N-dealkylation sites (N-methyl/N-ethyl adjacent to an activating group) is 2. The molecule has 0 aliphatic carbocycles. The van der Waals surface area contributed by atoms with Gasteiger partial charge in [-0.3, -0.25) is 14.4 Å². The first-order valence-electron chi connectivity index (χ1n) is 14.0. The van der Waals surface area contributed by atoms with E-state index in [4.69, 9.17) is 0 Å². The molecule has 2 aromatic carbocycles. The number of ketones is 1. The number of fused-ring (bicyclic) bond motifs is 2. The number of carbonyl (C=O) groups excluding carboxylic acids is 3. The van der Waals surface area contributed by atoms with Crippen molar-refractivity contribution in [2.45, 2.75) is 43.0 Å². The summed E-state index contributed by atoms with van der Waals surface area (Å²) in [6.07, 6.45) is 3.58. The second-order valence-corrected chi connectivity index (χ2v) is 12.9. The minimum absolute atomic E-state index is 0.0801. The molecule has 41 heavy (non-hydrogen) atoms. The minimum Gasteiger partial charge on any atom is -0.507 e. The first-order chi connectivity index (χ1) is 19.6. The van der Waals surface area contributed by atoms with E-state index >= 15 is 0 Å². The molecule has 1 spiro atoms. The normalized spacial score (nSPS) is 23.1. The highest BCUT2D eigenvalue weighted by molar-refractivity contribution is 7.89. The van der Waals surface area contributed by atoms with Gasteiger partial charge in [-0.05, 0) is 64.2 Å². The number of sulfonamides is 1. The zero-order valence-corrected chi connectivity index (χ0v) is 24.5. The van der Waals surface area contributed by atoms with Gasteiger partial charge in [0.1, 0.15) is 5.76 Å². The van der Waals surface area contributed by atoms with Crippen molar-refractivity contribution >= 4 is 39.1 Å². The third-order valence-corrected chi connectivity index (χ3v) is 10.1. The summed E-state index contributed by atoms with van der Waals surface area (Å²) in [7, 11) is -0.0781. The Kier molecular flexibility index (Phi) is 7.80. The summed E-state index contributed by atoms with van der Waals surface area (Å²) in [4.78, 5) is 46.1. The molecule has 0 aromatic heterocycles. The van der Waals surface area contributed by atoms with E-state index in [0.29, 0.717) is 37.4 Å². The lowest BCUT2D eigenvalue weighted by Crippen LogP contribution is -2.53. The number of rotatable bonds is 7. The predicted octanol–water partition coefficient (Wildman–Crippen LogP) is 2.76. The standard InChI is InChI=1S/C30H36N4O6S/c1-4-33-24-12-8-7-11-23(24)30(29(33)38)25(27(36)28(37)34(30)20-19-31(2)3)26(35)21-13-15-22(16-14-21)41(39,40)32-17-9-5-6-10-18-32/h7-8,11-16,35H,4-6,9-10,17-20H2,1-3H3/t30-/m1/s1. The van der Waals surface area contributed by atoms with Gasteiger partial charge in [-0.2, -0.15) is 4.31 Å². The molecule has 3 aliphatic heterocycles. The van der Waals surface area contributed by atoms with Crippen LogP contribution in [-0.2, 0) is 29.9 Å². The number of anilines is 1. The van der Waals surface area contributed by atoms with E-state index in [1.807, 2.05) is 25.9 Å². The van der Waals surface area contributed by atoms with Gasteiger partial charge in [0, 0.05) is 43.9 Å². The van der Waals surface area contributed by atoms with Crippen molar-refractivity contribution < 1.29 is 27.9 Å². The molecule has 3 heterocycles. The van der Waals surface area contributed by atoms with Gasteiger partial charge in [0.25, 0.3) is 17.6 Å². The lowest BCUT2D eigenvalue weighted by atomic mass is 9.82.